The molecule has 2 aromatic rings. The topological polar surface area (TPSA) is 88.8 Å². The van der Waals surface area contributed by atoms with Crippen LogP contribution in [0.5, 0.6) is 0 Å². The number of nitrogens with two attached hydrogens (primary N) is 1. The molecule has 1 atom stereocenters. The Balaban J connectivity index is 2.31. The molecule has 5 nitrogen and oxygen atoms in total. The number of hydrogen-bond donors (Lipinski definition) is 2. The maximum Gasteiger partial charge on any atom is 0.270 e. The van der Waals surface area contributed by atoms with E-state index in [1.807, 2.05) is 24.3 Å². The summed E-state index contributed by atoms with van der Waals surface area (Å²) in [7, 11) is 0. The van der Waals surface area contributed by atoms with E-state index in [-0.39, 0.29) is 17.7 Å². The molecule has 0 fully saturated rings. The maximum absolute atomic E-state index is 11.8. The van der Waals surface area contributed by atoms with Gasteiger partial charge in [0.2, 0.25) is 0 Å². The van der Waals surface area contributed by atoms with Crippen LogP contribution in [-0.2, 0) is 11.2 Å². The molecule has 1 aromatic carbocycles. The minimum absolute atomic E-state index is 0.138. The number of halogens is 1. The molecule has 0 aliphatic rings. The number of nitrogens with zero attached hydrogens (tertiary/aromatic N) is 1. The van der Waals surface area contributed by atoms with E-state index in [0.29, 0.717) is 12.0 Å². The second kappa shape index (κ2) is 5.90. The van der Waals surface area contributed by atoms with E-state index in [2.05, 4.69) is 25.9 Å². The molecule has 0 spiro atoms. The Kier molecular flexibility index (Phi) is 4.24. The van der Waals surface area contributed by atoms with Gasteiger partial charge in [-0.05, 0) is 17.7 Å². The summed E-state index contributed by atoms with van der Waals surface area (Å²) in [6, 6.07) is 6.79. The van der Waals surface area contributed by atoms with Gasteiger partial charge in [-0.15, -0.1) is 0 Å². The summed E-state index contributed by atoms with van der Waals surface area (Å²) < 4.78 is 0.958. The van der Waals surface area contributed by atoms with Crippen LogP contribution in [0.2, 0.25) is 0 Å². The number of aldehydes is 1. The van der Waals surface area contributed by atoms with Gasteiger partial charge in [0.1, 0.15) is 12.0 Å². The van der Waals surface area contributed by atoms with Crippen molar-refractivity contribution in [3.63, 3.8) is 0 Å². The van der Waals surface area contributed by atoms with E-state index in [9.17, 15) is 9.59 Å². The molecule has 3 N–H and O–H groups in total. The molecule has 19 heavy (non-hydrogen) atoms. The molecule has 1 heterocycles. The molecule has 0 saturated carbocycles. The molecule has 1 unspecified atom stereocenters. The van der Waals surface area contributed by atoms with E-state index in [0.717, 1.165) is 10.0 Å². The van der Waals surface area contributed by atoms with Crippen molar-refractivity contribution in [1.29, 1.82) is 0 Å². The summed E-state index contributed by atoms with van der Waals surface area (Å²) in [5.41, 5.74) is 6.90. The summed E-state index contributed by atoms with van der Waals surface area (Å²) in [4.78, 5) is 29.1. The van der Waals surface area contributed by atoms with Crippen molar-refractivity contribution in [2.75, 3.05) is 0 Å². The zero-order chi connectivity index (χ0) is 13.8. The summed E-state index contributed by atoms with van der Waals surface area (Å²) in [6.07, 6.45) is 2.31. The standard InChI is InChI=1S/C13H12BrN3O2/c14-9-3-1-8(2-4-9)12-6-16-11(13(19)17-12)5-10(15)7-18/h1-4,6-7,10H,5,15H2,(H,17,19). The summed E-state index contributed by atoms with van der Waals surface area (Å²) in [5, 5.41) is 0. The Hall–Kier alpha value is -1.79. The van der Waals surface area contributed by atoms with Crippen LogP contribution in [0, 0.1) is 0 Å². The Labute approximate surface area is 118 Å². The van der Waals surface area contributed by atoms with Crippen LogP contribution < -0.4 is 11.3 Å². The quantitative estimate of drug-likeness (QED) is 0.830. The van der Waals surface area contributed by atoms with Crippen LogP contribution in [0.3, 0.4) is 0 Å². The Morgan fingerprint density at radius 2 is 2.05 bits per heavy atom. The number of H-pyrrole nitrogens is 1. The summed E-state index contributed by atoms with van der Waals surface area (Å²) in [5.74, 6) is 0. The highest BCUT2D eigenvalue weighted by Crippen LogP contribution is 2.18. The average Bonchev–Trinajstić information content (AvgIpc) is 2.41. The van der Waals surface area contributed by atoms with E-state index in [1.165, 1.54) is 0 Å². The molecule has 0 bridgehead atoms. The number of carbonyl (C=O) groups excluding carboxylic acids is 1. The molecule has 98 valence electrons. The minimum atomic E-state index is -0.702. The fourth-order valence-electron chi connectivity index (χ4n) is 1.62. The van der Waals surface area contributed by atoms with E-state index < -0.39 is 6.04 Å². The zero-order valence-corrected chi connectivity index (χ0v) is 11.6. The second-order valence-electron chi connectivity index (χ2n) is 4.08. The molecule has 6 heteroatoms. The number of hydrogen-bond acceptors (Lipinski definition) is 4. The van der Waals surface area contributed by atoms with Crippen molar-refractivity contribution in [3.8, 4) is 11.3 Å². The van der Waals surface area contributed by atoms with Crippen molar-refractivity contribution in [3.05, 3.63) is 51.0 Å². The first kappa shape index (κ1) is 13.6. The number of benzene rings is 1. The zero-order valence-electron chi connectivity index (χ0n) is 9.97. The molecule has 0 aliphatic carbocycles. The van der Waals surface area contributed by atoms with Gasteiger partial charge < -0.3 is 15.5 Å². The Morgan fingerprint density at radius 3 is 2.63 bits per heavy atom. The molecule has 1 aromatic heterocycles. The monoisotopic (exact) mass is 321 g/mol. The van der Waals surface area contributed by atoms with Gasteiger partial charge in [0.05, 0.1) is 17.9 Å². The van der Waals surface area contributed by atoms with Crippen LogP contribution in [0.15, 0.2) is 39.7 Å². The van der Waals surface area contributed by atoms with E-state index in [4.69, 9.17) is 5.73 Å². The molecular formula is C13H12BrN3O2. The fourth-order valence-corrected chi connectivity index (χ4v) is 1.89. The predicted octanol–water partition coefficient (Wildman–Crippen LogP) is 1.27. The molecule has 0 radical (unpaired) electrons. The van der Waals surface area contributed by atoms with Gasteiger partial charge in [0.15, 0.2) is 0 Å². The van der Waals surface area contributed by atoms with Crippen molar-refractivity contribution in [1.82, 2.24) is 9.97 Å². The van der Waals surface area contributed by atoms with Crippen LogP contribution in [-0.4, -0.2) is 22.3 Å². The fraction of sp³-hybridized carbons (Fsp3) is 0.154. The SMILES string of the molecule is NC(C=O)Cc1ncc(-c2ccc(Br)cc2)[nH]c1=O. The van der Waals surface area contributed by atoms with Crippen LogP contribution in [0.4, 0.5) is 0 Å². The molecule has 0 aliphatic heterocycles. The second-order valence-corrected chi connectivity index (χ2v) is 5.00. The van der Waals surface area contributed by atoms with Gasteiger partial charge in [-0.1, -0.05) is 28.1 Å². The van der Waals surface area contributed by atoms with Crippen LogP contribution >= 0.6 is 15.9 Å². The van der Waals surface area contributed by atoms with Crippen LogP contribution in [0.1, 0.15) is 5.69 Å². The lowest BCUT2D eigenvalue weighted by Gasteiger charge is -2.05. The molecule has 2 rings (SSSR count). The van der Waals surface area contributed by atoms with E-state index in [1.54, 1.807) is 6.20 Å². The number of aromatic nitrogens is 2. The first-order valence-electron chi connectivity index (χ1n) is 5.65. The van der Waals surface area contributed by atoms with Crippen molar-refractivity contribution >= 4 is 22.2 Å². The normalized spacial score (nSPS) is 12.1. The number of aromatic amines is 1. The summed E-state index contributed by atoms with van der Waals surface area (Å²) >= 11 is 3.34. The Morgan fingerprint density at radius 1 is 1.37 bits per heavy atom. The van der Waals surface area contributed by atoms with Gasteiger partial charge in [0.25, 0.3) is 5.56 Å². The highest BCUT2D eigenvalue weighted by molar-refractivity contribution is 9.10. The third-order valence-electron chi connectivity index (χ3n) is 2.62. The number of rotatable bonds is 4. The average molecular weight is 322 g/mol. The van der Waals surface area contributed by atoms with Crippen molar-refractivity contribution in [2.45, 2.75) is 12.5 Å². The van der Waals surface area contributed by atoms with Crippen LogP contribution in [0.25, 0.3) is 11.3 Å². The lowest BCUT2D eigenvalue weighted by atomic mass is 10.1. The highest BCUT2D eigenvalue weighted by Gasteiger charge is 2.09. The lowest BCUT2D eigenvalue weighted by molar-refractivity contribution is -0.108. The van der Waals surface area contributed by atoms with Gasteiger partial charge in [-0.3, -0.25) is 9.78 Å². The van der Waals surface area contributed by atoms with E-state index >= 15 is 0 Å². The van der Waals surface area contributed by atoms with Gasteiger partial charge >= 0.3 is 0 Å². The summed E-state index contributed by atoms with van der Waals surface area (Å²) in [6.45, 7) is 0. The van der Waals surface area contributed by atoms with Gasteiger partial charge in [-0.2, -0.15) is 0 Å². The Bertz CT molecular complexity index is 637. The predicted molar refractivity (Wildman–Crippen MR) is 75.7 cm³/mol. The maximum atomic E-state index is 11.8. The van der Waals surface area contributed by atoms with Gasteiger partial charge in [-0.25, -0.2) is 0 Å². The smallest absolute Gasteiger partial charge is 0.270 e. The number of carbonyl (C=O) groups is 1. The largest absolute Gasteiger partial charge is 0.321 e. The first-order valence-corrected chi connectivity index (χ1v) is 6.44. The van der Waals surface area contributed by atoms with Crippen molar-refractivity contribution in [2.24, 2.45) is 5.73 Å². The molecule has 0 saturated heterocycles. The third kappa shape index (κ3) is 3.36. The van der Waals surface area contributed by atoms with Gasteiger partial charge in [0, 0.05) is 10.9 Å². The third-order valence-corrected chi connectivity index (χ3v) is 3.15. The molecule has 0 amide bonds. The number of nitrogens with one attached hydrogen (secondary N) is 1. The van der Waals surface area contributed by atoms with Crippen molar-refractivity contribution < 1.29 is 4.79 Å². The first-order chi connectivity index (χ1) is 9.10. The lowest BCUT2D eigenvalue weighted by Crippen LogP contribution is -2.29. The highest BCUT2D eigenvalue weighted by atomic mass is 79.9. The molecular weight excluding hydrogens is 310 g/mol. The minimum Gasteiger partial charge on any atom is -0.321 e.